The SMILES string of the molecule is COC(=O)CC[C@@H](NC(=O)[C@@H](Cc1ccc(OP(=O)(O)O)cc1)NC(=O)[C@@H](Cc1ccccc1)NC(=O)[C@@H](Cc1ccccc1)NC(=O)[C@@H](CC(C)C)NC(=O)Cc1ccc2ccccc2c1)C(=O)OC. The summed E-state index contributed by atoms with van der Waals surface area (Å²) in [4.78, 5) is 115. The number of benzene rings is 5. The molecule has 0 radical (unpaired) electrons. The van der Waals surface area contributed by atoms with Crippen molar-refractivity contribution in [3.8, 4) is 5.75 Å². The first-order valence-electron chi connectivity index (χ1n) is 22.9. The minimum absolute atomic E-state index is 0.00308. The highest BCUT2D eigenvalue weighted by Crippen LogP contribution is 2.37. The summed E-state index contributed by atoms with van der Waals surface area (Å²) in [5.74, 6) is -5.24. The molecule has 0 fully saturated rings. The van der Waals surface area contributed by atoms with Crippen LogP contribution in [0.1, 0.15) is 55.4 Å². The number of hydrogen-bond donors (Lipinski definition) is 7. The Balaban J connectivity index is 1.42. The van der Waals surface area contributed by atoms with E-state index in [2.05, 4.69) is 31.1 Å². The van der Waals surface area contributed by atoms with Gasteiger partial charge in [0.25, 0.3) is 0 Å². The van der Waals surface area contributed by atoms with Crippen LogP contribution in [0.3, 0.4) is 0 Å². The van der Waals surface area contributed by atoms with Gasteiger partial charge in [-0.25, -0.2) is 9.36 Å². The van der Waals surface area contributed by atoms with Crippen molar-refractivity contribution in [3.05, 3.63) is 150 Å². The second-order valence-electron chi connectivity index (χ2n) is 17.3. The number of carbonyl (C=O) groups is 7. The molecular formula is C52H60N5O13P. The van der Waals surface area contributed by atoms with E-state index in [0.29, 0.717) is 16.7 Å². The van der Waals surface area contributed by atoms with Gasteiger partial charge in [-0.1, -0.05) is 129 Å². The first-order valence-corrected chi connectivity index (χ1v) is 24.5. The van der Waals surface area contributed by atoms with Gasteiger partial charge >= 0.3 is 19.8 Å². The number of amides is 5. The second kappa shape index (κ2) is 26.5. The van der Waals surface area contributed by atoms with E-state index >= 15 is 0 Å². The molecule has 0 aromatic heterocycles. The lowest BCUT2D eigenvalue weighted by Gasteiger charge is -2.28. The zero-order chi connectivity index (χ0) is 51.5. The van der Waals surface area contributed by atoms with Crippen LogP contribution in [0.25, 0.3) is 10.8 Å². The topological polar surface area (TPSA) is 265 Å². The van der Waals surface area contributed by atoms with Gasteiger partial charge in [-0.2, -0.15) is 0 Å². The minimum Gasteiger partial charge on any atom is -0.469 e. The summed E-state index contributed by atoms with van der Waals surface area (Å²) in [6, 6.07) is 29.9. The van der Waals surface area contributed by atoms with Crippen molar-refractivity contribution in [2.24, 2.45) is 5.92 Å². The van der Waals surface area contributed by atoms with Crippen molar-refractivity contribution in [2.45, 2.75) is 89.0 Å². The molecular weight excluding hydrogens is 934 g/mol. The molecule has 0 saturated heterocycles. The summed E-state index contributed by atoms with van der Waals surface area (Å²) in [5, 5.41) is 15.7. The molecule has 0 heterocycles. The zero-order valence-electron chi connectivity index (χ0n) is 39.9. The lowest BCUT2D eigenvalue weighted by Crippen LogP contribution is -2.60. The van der Waals surface area contributed by atoms with E-state index in [1.165, 1.54) is 24.3 Å². The Morgan fingerprint density at radius 3 is 1.45 bits per heavy atom. The number of esters is 2. The van der Waals surface area contributed by atoms with Crippen LogP contribution in [0.2, 0.25) is 0 Å². The zero-order valence-corrected chi connectivity index (χ0v) is 40.8. The van der Waals surface area contributed by atoms with Crippen LogP contribution < -0.4 is 31.1 Å². The number of nitrogens with one attached hydrogen (secondary N) is 5. The highest BCUT2D eigenvalue weighted by molar-refractivity contribution is 7.46. The van der Waals surface area contributed by atoms with Crippen LogP contribution in [0.5, 0.6) is 5.75 Å². The number of phosphoric acid groups is 1. The smallest absolute Gasteiger partial charge is 0.469 e. The highest BCUT2D eigenvalue weighted by Gasteiger charge is 2.34. The molecule has 376 valence electrons. The number of carbonyl (C=O) groups excluding carboxylic acids is 7. The fraction of sp³-hybridized carbons (Fsp3) is 0.327. The maximum Gasteiger partial charge on any atom is 0.524 e. The van der Waals surface area contributed by atoms with E-state index in [0.717, 1.165) is 30.6 Å². The third-order valence-electron chi connectivity index (χ3n) is 11.3. The molecule has 5 aromatic rings. The predicted molar refractivity (Wildman–Crippen MR) is 263 cm³/mol. The average Bonchev–Trinajstić information content (AvgIpc) is 3.34. The van der Waals surface area contributed by atoms with Crippen molar-refractivity contribution in [3.63, 3.8) is 0 Å². The van der Waals surface area contributed by atoms with Gasteiger partial charge in [0.05, 0.1) is 20.6 Å². The molecule has 19 heteroatoms. The average molecular weight is 994 g/mol. The van der Waals surface area contributed by atoms with E-state index in [-0.39, 0.29) is 56.6 Å². The van der Waals surface area contributed by atoms with Gasteiger partial charge < -0.3 is 40.6 Å². The van der Waals surface area contributed by atoms with Crippen LogP contribution >= 0.6 is 7.82 Å². The van der Waals surface area contributed by atoms with Gasteiger partial charge in [-0.05, 0) is 63.9 Å². The van der Waals surface area contributed by atoms with Gasteiger partial charge in [0.15, 0.2) is 0 Å². The van der Waals surface area contributed by atoms with E-state index in [1.807, 2.05) is 56.3 Å². The van der Waals surface area contributed by atoms with Crippen LogP contribution in [-0.4, -0.2) is 95.7 Å². The van der Waals surface area contributed by atoms with Crippen molar-refractivity contribution in [1.29, 1.82) is 0 Å². The number of ether oxygens (including phenoxy) is 2. The van der Waals surface area contributed by atoms with Crippen molar-refractivity contribution in [1.82, 2.24) is 26.6 Å². The molecule has 0 spiro atoms. The molecule has 5 amide bonds. The third kappa shape index (κ3) is 18.1. The molecule has 5 atom stereocenters. The van der Waals surface area contributed by atoms with Gasteiger partial charge in [0.1, 0.15) is 36.0 Å². The lowest BCUT2D eigenvalue weighted by atomic mass is 9.99. The number of hydrogen-bond acceptors (Lipinski definition) is 11. The number of methoxy groups -OCH3 is 2. The van der Waals surface area contributed by atoms with E-state index in [4.69, 9.17) is 9.47 Å². The molecule has 0 aliphatic rings. The Hall–Kier alpha value is -7.40. The summed E-state index contributed by atoms with van der Waals surface area (Å²) >= 11 is 0. The van der Waals surface area contributed by atoms with E-state index in [1.54, 1.807) is 60.7 Å². The molecule has 5 aromatic carbocycles. The molecule has 0 bridgehead atoms. The maximum absolute atomic E-state index is 14.6. The van der Waals surface area contributed by atoms with Gasteiger partial charge in [-0.15, -0.1) is 0 Å². The standard InChI is InChI=1S/C52H60N5O13P/c1-33(2)27-42(53-46(58)32-37-19-22-38-17-11-12-18-39(38)28-37)48(60)55-43(29-34-13-7-5-8-14-34)50(62)56-44(30-35-15-9-6-10-16-35)51(63)57-45(31-36-20-23-40(24-21-36)70-71(65,66)67)49(61)54-41(52(64)69-4)25-26-47(59)68-3/h5-24,28,33,41-45H,25-27,29-32H2,1-4H3,(H,53,58)(H,54,61)(H,55,60)(H,56,62)(H,57,63)(H2,65,66,67)/t41-,42-,43-,44-,45-/m1/s1. The number of phosphoric ester groups is 1. The van der Waals surface area contributed by atoms with Crippen LogP contribution in [0, 0.1) is 5.92 Å². The molecule has 5 rings (SSSR count). The second-order valence-corrected chi connectivity index (χ2v) is 18.5. The van der Waals surface area contributed by atoms with Gasteiger partial charge in [-0.3, -0.25) is 38.6 Å². The van der Waals surface area contributed by atoms with Gasteiger partial charge in [0, 0.05) is 25.7 Å². The molecule has 71 heavy (non-hydrogen) atoms. The molecule has 0 aliphatic heterocycles. The summed E-state index contributed by atoms with van der Waals surface area (Å²) in [6.07, 6.45) is -0.576. The summed E-state index contributed by atoms with van der Waals surface area (Å²) in [7, 11) is -2.65. The summed E-state index contributed by atoms with van der Waals surface area (Å²) in [5.41, 5.74) is 2.43. The third-order valence-corrected chi connectivity index (χ3v) is 11.7. The molecule has 0 saturated carbocycles. The quantitative estimate of drug-likeness (QED) is 0.0320. The Bertz CT molecular complexity index is 2660. The molecule has 0 unspecified atom stereocenters. The molecule has 0 aliphatic carbocycles. The fourth-order valence-corrected chi connectivity index (χ4v) is 8.11. The van der Waals surface area contributed by atoms with Crippen LogP contribution in [-0.2, 0) is 73.3 Å². The largest absolute Gasteiger partial charge is 0.524 e. The van der Waals surface area contributed by atoms with Gasteiger partial charge in [0.2, 0.25) is 29.5 Å². The molecule has 18 nitrogen and oxygen atoms in total. The Morgan fingerprint density at radius 2 is 0.972 bits per heavy atom. The normalized spacial score (nSPS) is 13.3. The van der Waals surface area contributed by atoms with Crippen molar-refractivity contribution in [2.75, 3.05) is 14.2 Å². The monoisotopic (exact) mass is 993 g/mol. The Kier molecular flexibility index (Phi) is 20.4. The van der Waals surface area contributed by atoms with E-state index in [9.17, 15) is 47.9 Å². The first kappa shape index (κ1) is 54.5. The highest BCUT2D eigenvalue weighted by atomic mass is 31.2. The summed E-state index contributed by atoms with van der Waals surface area (Å²) < 4.78 is 25.7. The maximum atomic E-state index is 14.6. The molecule has 7 N–H and O–H groups in total. The Morgan fingerprint density at radius 1 is 0.521 bits per heavy atom. The Labute approximate surface area is 411 Å². The predicted octanol–water partition coefficient (Wildman–Crippen LogP) is 4.18. The minimum atomic E-state index is -4.90. The number of fused-ring (bicyclic) bond motifs is 1. The lowest BCUT2D eigenvalue weighted by molar-refractivity contribution is -0.146. The van der Waals surface area contributed by atoms with Crippen molar-refractivity contribution >= 4 is 60.1 Å². The van der Waals surface area contributed by atoms with Crippen LogP contribution in [0.15, 0.2) is 127 Å². The number of rotatable bonds is 25. The van der Waals surface area contributed by atoms with E-state index < -0.39 is 79.5 Å². The fourth-order valence-electron chi connectivity index (χ4n) is 7.71. The summed E-state index contributed by atoms with van der Waals surface area (Å²) in [6.45, 7) is 3.80. The van der Waals surface area contributed by atoms with Crippen LogP contribution in [0.4, 0.5) is 0 Å². The first-order chi connectivity index (χ1) is 33.9. The van der Waals surface area contributed by atoms with Crippen molar-refractivity contribution < 1.29 is 61.9 Å².